The number of benzene rings is 1. The summed E-state index contributed by atoms with van der Waals surface area (Å²) in [6, 6.07) is 4.28. The van der Waals surface area contributed by atoms with Crippen LogP contribution < -0.4 is 16.6 Å². The maximum absolute atomic E-state index is 13.7. The Morgan fingerprint density at radius 3 is 2.59 bits per heavy atom. The monoisotopic (exact) mass is 374 g/mol. The number of fused-ring (bicyclic) bond motifs is 1. The van der Waals surface area contributed by atoms with Crippen molar-refractivity contribution in [3.63, 3.8) is 0 Å². The van der Waals surface area contributed by atoms with E-state index in [1.165, 1.54) is 11.6 Å². The molecule has 2 heterocycles. The van der Waals surface area contributed by atoms with Gasteiger partial charge in [-0.1, -0.05) is 0 Å². The maximum Gasteiger partial charge on any atom is 0.332 e. The summed E-state index contributed by atoms with van der Waals surface area (Å²) in [5, 5.41) is 2.38. The molecule has 1 amide bonds. The number of anilines is 1. The Bertz CT molecular complexity index is 1200. The molecule has 0 aliphatic heterocycles. The number of hydrogen-bond acceptors (Lipinski definition) is 4. The smallest absolute Gasteiger partial charge is 0.322 e. The number of amides is 1. The molecule has 0 unspecified atom stereocenters. The molecule has 140 valence electrons. The van der Waals surface area contributed by atoms with Crippen molar-refractivity contribution in [2.24, 2.45) is 7.05 Å². The lowest BCUT2D eigenvalue weighted by Gasteiger charge is -2.12. The number of nitrogens with one attached hydrogen (secondary N) is 1. The first kappa shape index (κ1) is 18.4. The lowest BCUT2D eigenvalue weighted by molar-refractivity contribution is -0.116. The van der Waals surface area contributed by atoms with Crippen LogP contribution in [0.25, 0.3) is 11.0 Å². The fourth-order valence-corrected chi connectivity index (χ4v) is 2.88. The Kier molecular flexibility index (Phi) is 4.61. The minimum absolute atomic E-state index is 0.215. The summed E-state index contributed by atoms with van der Waals surface area (Å²) in [4.78, 5) is 41.7. The standard InChI is InChI=1S/C18H16F2N4O3/c1-9-6-10(2)21-16-15(9)17(26)24(18(27)23(16)3)8-14(25)22-13-7-11(19)4-5-12(13)20/h4-7H,8H2,1-3H3,(H,22,25). The molecule has 1 aromatic carbocycles. The van der Waals surface area contributed by atoms with Crippen molar-refractivity contribution in [2.75, 3.05) is 5.32 Å². The van der Waals surface area contributed by atoms with E-state index in [1.807, 2.05) is 0 Å². The molecule has 27 heavy (non-hydrogen) atoms. The van der Waals surface area contributed by atoms with E-state index in [0.717, 1.165) is 22.8 Å². The lowest BCUT2D eigenvalue weighted by Crippen LogP contribution is -2.42. The van der Waals surface area contributed by atoms with Crippen LogP contribution in [-0.4, -0.2) is 20.0 Å². The first-order valence-corrected chi connectivity index (χ1v) is 8.01. The van der Waals surface area contributed by atoms with Crippen LogP contribution >= 0.6 is 0 Å². The Morgan fingerprint density at radius 1 is 1.19 bits per heavy atom. The van der Waals surface area contributed by atoms with Crippen LogP contribution in [-0.2, 0) is 18.4 Å². The summed E-state index contributed by atoms with van der Waals surface area (Å²) in [6.07, 6.45) is 0. The van der Waals surface area contributed by atoms with Gasteiger partial charge in [0.1, 0.15) is 23.8 Å². The number of carbonyl (C=O) groups excluding carboxylic acids is 1. The number of carbonyl (C=O) groups is 1. The number of pyridine rings is 1. The van der Waals surface area contributed by atoms with E-state index in [2.05, 4.69) is 10.3 Å². The summed E-state index contributed by atoms with van der Waals surface area (Å²) in [6.45, 7) is 2.80. The van der Waals surface area contributed by atoms with Gasteiger partial charge in [0.2, 0.25) is 5.91 Å². The fourth-order valence-electron chi connectivity index (χ4n) is 2.88. The molecule has 0 fully saturated rings. The van der Waals surface area contributed by atoms with Crippen molar-refractivity contribution in [1.29, 1.82) is 0 Å². The van der Waals surface area contributed by atoms with E-state index in [9.17, 15) is 23.2 Å². The first-order valence-electron chi connectivity index (χ1n) is 8.01. The third-order valence-corrected chi connectivity index (χ3v) is 4.12. The van der Waals surface area contributed by atoms with Crippen molar-refractivity contribution in [3.8, 4) is 0 Å². The van der Waals surface area contributed by atoms with Gasteiger partial charge in [0, 0.05) is 18.8 Å². The second kappa shape index (κ2) is 6.75. The zero-order valence-electron chi connectivity index (χ0n) is 14.8. The average Bonchev–Trinajstić information content (AvgIpc) is 2.59. The van der Waals surface area contributed by atoms with Gasteiger partial charge in [-0.3, -0.25) is 18.7 Å². The summed E-state index contributed by atoms with van der Waals surface area (Å²) in [7, 11) is 1.44. The van der Waals surface area contributed by atoms with Crippen LogP contribution in [0.2, 0.25) is 0 Å². The van der Waals surface area contributed by atoms with Gasteiger partial charge in [0.15, 0.2) is 0 Å². The normalized spacial score (nSPS) is 11.0. The lowest BCUT2D eigenvalue weighted by atomic mass is 10.2. The van der Waals surface area contributed by atoms with Crippen molar-refractivity contribution >= 4 is 22.6 Å². The van der Waals surface area contributed by atoms with Gasteiger partial charge in [-0.15, -0.1) is 0 Å². The second-order valence-electron chi connectivity index (χ2n) is 6.18. The van der Waals surface area contributed by atoms with Gasteiger partial charge in [0.05, 0.1) is 11.1 Å². The molecule has 0 aliphatic rings. The fraction of sp³-hybridized carbons (Fsp3) is 0.222. The zero-order valence-corrected chi connectivity index (χ0v) is 14.8. The Morgan fingerprint density at radius 2 is 1.89 bits per heavy atom. The van der Waals surface area contributed by atoms with Gasteiger partial charge in [0.25, 0.3) is 5.56 Å². The number of rotatable bonds is 3. The molecule has 0 bridgehead atoms. The highest BCUT2D eigenvalue weighted by atomic mass is 19.1. The molecule has 2 aromatic heterocycles. The molecule has 9 heteroatoms. The zero-order chi connectivity index (χ0) is 19.9. The third kappa shape index (κ3) is 3.35. The van der Waals surface area contributed by atoms with Crippen molar-refractivity contribution in [3.05, 3.63) is 68.0 Å². The molecule has 0 spiro atoms. The Balaban J connectivity index is 2.05. The summed E-state index contributed by atoms with van der Waals surface area (Å²) in [5.74, 6) is -2.41. The molecule has 7 nitrogen and oxygen atoms in total. The summed E-state index contributed by atoms with van der Waals surface area (Å²) >= 11 is 0. The molecule has 0 aliphatic carbocycles. The van der Waals surface area contributed by atoms with E-state index in [4.69, 9.17) is 0 Å². The SMILES string of the molecule is Cc1cc(C)c2c(=O)n(CC(=O)Nc3cc(F)ccc3F)c(=O)n(C)c2n1. The van der Waals surface area contributed by atoms with Gasteiger partial charge < -0.3 is 5.32 Å². The van der Waals surface area contributed by atoms with Gasteiger partial charge in [-0.2, -0.15) is 0 Å². The molecular weight excluding hydrogens is 358 g/mol. The summed E-state index contributed by atoms with van der Waals surface area (Å²) in [5.41, 5.74) is -0.308. The number of aromatic nitrogens is 3. The van der Waals surface area contributed by atoms with E-state index >= 15 is 0 Å². The van der Waals surface area contributed by atoms with E-state index < -0.39 is 35.3 Å². The highest BCUT2D eigenvalue weighted by molar-refractivity contribution is 5.91. The number of hydrogen-bond donors (Lipinski definition) is 1. The van der Waals surface area contributed by atoms with Crippen molar-refractivity contribution in [2.45, 2.75) is 20.4 Å². The number of nitrogens with zero attached hydrogens (tertiary/aromatic N) is 3. The van der Waals surface area contributed by atoms with Gasteiger partial charge in [-0.05, 0) is 37.6 Å². The Labute approximate surface area is 151 Å². The van der Waals surface area contributed by atoms with Crippen LogP contribution in [0.4, 0.5) is 14.5 Å². The van der Waals surface area contributed by atoms with E-state index in [-0.39, 0.29) is 16.7 Å². The minimum Gasteiger partial charge on any atom is -0.322 e. The van der Waals surface area contributed by atoms with Gasteiger partial charge >= 0.3 is 5.69 Å². The molecule has 0 saturated carbocycles. The summed E-state index contributed by atoms with van der Waals surface area (Å²) < 4.78 is 28.8. The quantitative estimate of drug-likeness (QED) is 0.755. The average molecular weight is 374 g/mol. The highest BCUT2D eigenvalue weighted by Gasteiger charge is 2.17. The molecule has 3 aromatic rings. The van der Waals surface area contributed by atoms with Crippen LogP contribution in [0.1, 0.15) is 11.3 Å². The highest BCUT2D eigenvalue weighted by Crippen LogP contribution is 2.15. The molecule has 3 rings (SSSR count). The third-order valence-electron chi connectivity index (χ3n) is 4.12. The molecule has 0 saturated heterocycles. The van der Waals surface area contributed by atoms with Crippen LogP contribution in [0.5, 0.6) is 0 Å². The van der Waals surface area contributed by atoms with Crippen LogP contribution in [0, 0.1) is 25.5 Å². The molecule has 1 N–H and O–H groups in total. The van der Waals surface area contributed by atoms with E-state index in [0.29, 0.717) is 11.3 Å². The van der Waals surface area contributed by atoms with Crippen molar-refractivity contribution < 1.29 is 13.6 Å². The number of aryl methyl sites for hydroxylation is 3. The van der Waals surface area contributed by atoms with Gasteiger partial charge in [-0.25, -0.2) is 18.6 Å². The Hall–Kier alpha value is -3.36. The van der Waals surface area contributed by atoms with E-state index in [1.54, 1.807) is 19.9 Å². The molecule has 0 radical (unpaired) electrons. The topological polar surface area (TPSA) is 86.0 Å². The number of halogens is 2. The van der Waals surface area contributed by atoms with Crippen LogP contribution in [0.15, 0.2) is 33.9 Å². The maximum atomic E-state index is 13.7. The second-order valence-corrected chi connectivity index (χ2v) is 6.18. The predicted molar refractivity (Wildman–Crippen MR) is 95.7 cm³/mol. The van der Waals surface area contributed by atoms with Crippen molar-refractivity contribution in [1.82, 2.24) is 14.1 Å². The van der Waals surface area contributed by atoms with Crippen LogP contribution in [0.3, 0.4) is 0 Å². The first-order chi connectivity index (χ1) is 12.7. The minimum atomic E-state index is -0.837. The molecule has 0 atom stereocenters. The largest absolute Gasteiger partial charge is 0.332 e. The molecular formula is C18H16F2N4O3. The predicted octanol–water partition coefficient (Wildman–Crippen LogP) is 1.63.